The van der Waals surface area contributed by atoms with E-state index in [4.69, 9.17) is 0 Å². The predicted molar refractivity (Wildman–Crippen MR) is 75.4 cm³/mol. The molecule has 2 heterocycles. The van der Waals surface area contributed by atoms with Crippen LogP contribution in [0.1, 0.15) is 47.0 Å². The molecule has 0 radical (unpaired) electrons. The lowest BCUT2D eigenvalue weighted by Gasteiger charge is -2.07. The minimum atomic E-state index is -0.0112. The van der Waals surface area contributed by atoms with Crippen LogP contribution in [0.3, 0.4) is 0 Å². The molecule has 4 nitrogen and oxygen atoms in total. The van der Waals surface area contributed by atoms with Gasteiger partial charge in [-0.3, -0.25) is 4.79 Å². The van der Waals surface area contributed by atoms with Crippen LogP contribution in [0.15, 0.2) is 23.7 Å². The van der Waals surface area contributed by atoms with Crippen LogP contribution >= 0.6 is 11.3 Å². The maximum atomic E-state index is 12.2. The Balaban J connectivity index is 1.63. The fourth-order valence-electron chi connectivity index (χ4n) is 2.11. The average molecular weight is 275 g/mol. The van der Waals surface area contributed by atoms with E-state index in [9.17, 15) is 4.79 Å². The number of thiazole rings is 1. The van der Waals surface area contributed by atoms with Crippen molar-refractivity contribution in [2.24, 2.45) is 0 Å². The first kappa shape index (κ1) is 12.4. The van der Waals surface area contributed by atoms with Gasteiger partial charge in [-0.2, -0.15) is 0 Å². The van der Waals surface area contributed by atoms with Gasteiger partial charge in [0.1, 0.15) is 5.69 Å². The summed E-state index contributed by atoms with van der Waals surface area (Å²) >= 11 is 1.65. The molecule has 5 heteroatoms. The average Bonchev–Trinajstić information content (AvgIpc) is 2.99. The van der Waals surface area contributed by atoms with E-state index < -0.39 is 0 Å². The zero-order valence-electron chi connectivity index (χ0n) is 10.9. The maximum Gasteiger partial charge on any atom is 0.268 e. The Morgan fingerprint density at radius 3 is 3.11 bits per heavy atom. The van der Waals surface area contributed by atoms with Crippen molar-refractivity contribution >= 4 is 17.2 Å². The summed E-state index contributed by atoms with van der Waals surface area (Å²) in [5.41, 5.74) is 1.70. The third kappa shape index (κ3) is 2.71. The van der Waals surface area contributed by atoms with E-state index >= 15 is 0 Å². The highest BCUT2D eigenvalue weighted by Crippen LogP contribution is 2.35. The van der Waals surface area contributed by atoms with E-state index in [0.717, 1.165) is 22.8 Å². The van der Waals surface area contributed by atoms with Gasteiger partial charge in [-0.05, 0) is 31.4 Å². The molecule has 2 aromatic rings. The Morgan fingerprint density at radius 1 is 1.58 bits per heavy atom. The lowest BCUT2D eigenvalue weighted by molar-refractivity contribution is 0.0941. The Hall–Kier alpha value is -1.62. The van der Waals surface area contributed by atoms with Gasteiger partial charge in [0.25, 0.3) is 5.91 Å². The van der Waals surface area contributed by atoms with Gasteiger partial charge >= 0.3 is 0 Å². The Bertz CT molecular complexity index is 583. The molecule has 0 bridgehead atoms. The molecular formula is C14H17N3OS. The number of hydrogen-bond donors (Lipinski definition) is 1. The molecule has 0 aliphatic heterocycles. The number of aromatic nitrogens is 2. The maximum absolute atomic E-state index is 12.2. The van der Waals surface area contributed by atoms with Crippen LogP contribution in [-0.2, 0) is 13.0 Å². The largest absolute Gasteiger partial charge is 0.345 e. The normalized spacial score (nSPS) is 14.6. The second kappa shape index (κ2) is 5.17. The highest BCUT2D eigenvalue weighted by Gasteiger charge is 2.26. The summed E-state index contributed by atoms with van der Waals surface area (Å²) in [6, 6.07) is 4.35. The first-order chi connectivity index (χ1) is 9.28. The molecule has 2 aromatic heterocycles. The standard InChI is InChI=1S/C14H17N3OS/c1-2-13-16-10(9-19-13)8-15-14(18)12-4-3-7-17(12)11-5-6-11/h3-4,7,9,11H,2,5-6,8H2,1H3,(H,15,18). The second-order valence-corrected chi connectivity index (χ2v) is 5.74. The van der Waals surface area contributed by atoms with E-state index in [2.05, 4.69) is 21.8 Å². The molecule has 0 aromatic carbocycles. The van der Waals surface area contributed by atoms with Gasteiger partial charge in [0.2, 0.25) is 0 Å². The summed E-state index contributed by atoms with van der Waals surface area (Å²) in [7, 11) is 0. The van der Waals surface area contributed by atoms with Crippen LogP contribution in [0, 0.1) is 0 Å². The second-order valence-electron chi connectivity index (χ2n) is 4.80. The molecule has 100 valence electrons. The summed E-state index contributed by atoms with van der Waals surface area (Å²) in [5, 5.41) is 6.08. The monoisotopic (exact) mass is 275 g/mol. The molecule has 0 spiro atoms. The lowest BCUT2D eigenvalue weighted by atomic mass is 10.3. The predicted octanol–water partition coefficient (Wildman–Crippen LogP) is 2.77. The lowest BCUT2D eigenvalue weighted by Crippen LogP contribution is -2.25. The molecule has 3 rings (SSSR count). The number of hydrogen-bond acceptors (Lipinski definition) is 3. The van der Waals surface area contributed by atoms with E-state index in [1.54, 1.807) is 11.3 Å². The molecule has 1 aliphatic rings. The third-order valence-electron chi connectivity index (χ3n) is 3.28. The van der Waals surface area contributed by atoms with E-state index in [1.165, 1.54) is 12.8 Å². The summed E-state index contributed by atoms with van der Waals surface area (Å²) in [6.45, 7) is 2.59. The van der Waals surface area contributed by atoms with Gasteiger partial charge in [0.05, 0.1) is 17.2 Å². The smallest absolute Gasteiger partial charge is 0.268 e. The van der Waals surface area contributed by atoms with Gasteiger partial charge in [0.15, 0.2) is 0 Å². The Kier molecular flexibility index (Phi) is 3.38. The Morgan fingerprint density at radius 2 is 2.42 bits per heavy atom. The summed E-state index contributed by atoms with van der Waals surface area (Å²) in [4.78, 5) is 16.6. The van der Waals surface area contributed by atoms with Crippen molar-refractivity contribution in [1.29, 1.82) is 0 Å². The quantitative estimate of drug-likeness (QED) is 0.912. The number of rotatable bonds is 5. The van der Waals surface area contributed by atoms with Gasteiger partial charge < -0.3 is 9.88 Å². The van der Waals surface area contributed by atoms with Crippen molar-refractivity contribution in [2.45, 2.75) is 38.8 Å². The molecular weight excluding hydrogens is 258 g/mol. The fraction of sp³-hybridized carbons (Fsp3) is 0.429. The molecule has 0 saturated heterocycles. The molecule has 0 atom stereocenters. The zero-order chi connectivity index (χ0) is 13.2. The number of nitrogens with one attached hydrogen (secondary N) is 1. The molecule has 1 fully saturated rings. The minimum absolute atomic E-state index is 0.0112. The number of carbonyl (C=O) groups excluding carboxylic acids is 1. The fourth-order valence-corrected chi connectivity index (χ4v) is 2.86. The number of aryl methyl sites for hydroxylation is 1. The first-order valence-corrected chi connectivity index (χ1v) is 7.54. The third-order valence-corrected chi connectivity index (χ3v) is 4.33. The first-order valence-electron chi connectivity index (χ1n) is 6.66. The summed E-state index contributed by atoms with van der Waals surface area (Å²) < 4.78 is 2.08. The molecule has 19 heavy (non-hydrogen) atoms. The van der Waals surface area contributed by atoms with Crippen molar-refractivity contribution in [1.82, 2.24) is 14.9 Å². The van der Waals surface area contributed by atoms with Gasteiger partial charge in [-0.25, -0.2) is 4.98 Å². The van der Waals surface area contributed by atoms with E-state index in [0.29, 0.717) is 12.6 Å². The SMILES string of the molecule is CCc1nc(CNC(=O)c2cccn2C2CC2)cs1. The van der Waals surface area contributed by atoms with Crippen LogP contribution in [0.25, 0.3) is 0 Å². The highest BCUT2D eigenvalue weighted by atomic mass is 32.1. The van der Waals surface area contributed by atoms with Gasteiger partial charge in [-0.15, -0.1) is 11.3 Å². The molecule has 1 amide bonds. The van der Waals surface area contributed by atoms with E-state index in [1.807, 2.05) is 23.7 Å². The van der Waals surface area contributed by atoms with Crippen LogP contribution in [0.4, 0.5) is 0 Å². The topological polar surface area (TPSA) is 46.9 Å². The van der Waals surface area contributed by atoms with Crippen molar-refractivity contribution in [3.8, 4) is 0 Å². The van der Waals surface area contributed by atoms with Crippen molar-refractivity contribution < 1.29 is 4.79 Å². The van der Waals surface area contributed by atoms with E-state index in [-0.39, 0.29) is 5.91 Å². The van der Waals surface area contributed by atoms with Crippen LogP contribution < -0.4 is 5.32 Å². The van der Waals surface area contributed by atoms with Gasteiger partial charge in [-0.1, -0.05) is 6.92 Å². The molecule has 1 N–H and O–H groups in total. The summed E-state index contributed by atoms with van der Waals surface area (Å²) in [5.74, 6) is -0.0112. The zero-order valence-corrected chi connectivity index (χ0v) is 11.7. The highest BCUT2D eigenvalue weighted by molar-refractivity contribution is 7.09. The van der Waals surface area contributed by atoms with Crippen LogP contribution in [-0.4, -0.2) is 15.5 Å². The Labute approximate surface area is 116 Å². The minimum Gasteiger partial charge on any atom is -0.345 e. The summed E-state index contributed by atoms with van der Waals surface area (Å²) in [6.07, 6.45) is 5.30. The van der Waals surface area contributed by atoms with Gasteiger partial charge in [0, 0.05) is 17.6 Å². The number of carbonyl (C=O) groups is 1. The molecule has 1 aliphatic carbocycles. The number of amides is 1. The van der Waals surface area contributed by atoms with Crippen LogP contribution in [0.5, 0.6) is 0 Å². The molecule has 0 unspecified atom stereocenters. The van der Waals surface area contributed by atoms with Crippen LogP contribution in [0.2, 0.25) is 0 Å². The van der Waals surface area contributed by atoms with Crippen molar-refractivity contribution in [2.75, 3.05) is 0 Å². The number of nitrogens with zero attached hydrogens (tertiary/aromatic N) is 2. The van der Waals surface area contributed by atoms with Crippen molar-refractivity contribution in [3.05, 3.63) is 40.1 Å². The molecule has 1 saturated carbocycles. The van der Waals surface area contributed by atoms with Crippen molar-refractivity contribution in [3.63, 3.8) is 0 Å².